The predicted octanol–water partition coefficient (Wildman–Crippen LogP) is 5.10. The summed E-state index contributed by atoms with van der Waals surface area (Å²) in [5.74, 6) is -0.293. The molecule has 1 aliphatic carbocycles. The Morgan fingerprint density at radius 1 is 1.22 bits per heavy atom. The van der Waals surface area contributed by atoms with Crippen LogP contribution in [0.2, 0.25) is 5.02 Å². The number of halogens is 3. The summed E-state index contributed by atoms with van der Waals surface area (Å²) < 4.78 is 20.5. The van der Waals surface area contributed by atoms with Gasteiger partial charge in [-0.2, -0.15) is 0 Å². The highest BCUT2D eigenvalue weighted by molar-refractivity contribution is 9.10. The number of nitrogens with zero attached hydrogens (tertiary/aromatic N) is 3. The van der Waals surface area contributed by atoms with Gasteiger partial charge >= 0.3 is 0 Å². The maximum atomic E-state index is 14.2. The van der Waals surface area contributed by atoms with E-state index in [2.05, 4.69) is 26.1 Å². The number of rotatable bonds is 5. The first-order chi connectivity index (χ1) is 13.0. The first-order valence-electron chi connectivity index (χ1n) is 8.35. The van der Waals surface area contributed by atoms with Crippen molar-refractivity contribution in [2.24, 2.45) is 0 Å². The van der Waals surface area contributed by atoms with Crippen molar-refractivity contribution in [2.75, 3.05) is 0 Å². The van der Waals surface area contributed by atoms with E-state index in [1.54, 1.807) is 35.2 Å². The normalized spacial score (nSPS) is 13.6. The molecular formula is C19H14BrClFN3O2. The maximum Gasteiger partial charge on any atom is 0.257 e. The molecule has 1 heterocycles. The van der Waals surface area contributed by atoms with E-state index in [0.29, 0.717) is 21.3 Å². The molecule has 1 aliphatic rings. The van der Waals surface area contributed by atoms with Crippen LogP contribution in [-0.2, 0) is 6.54 Å². The molecule has 3 aromatic rings. The average molecular weight is 451 g/mol. The first-order valence-corrected chi connectivity index (χ1v) is 9.52. The number of hydrogen-bond acceptors (Lipinski definition) is 4. The molecule has 27 heavy (non-hydrogen) atoms. The zero-order valence-corrected chi connectivity index (χ0v) is 16.4. The Balaban J connectivity index is 1.56. The fourth-order valence-corrected chi connectivity index (χ4v) is 3.20. The minimum atomic E-state index is -0.563. The molecule has 0 spiro atoms. The van der Waals surface area contributed by atoms with Gasteiger partial charge in [-0.05, 0) is 55.3 Å². The van der Waals surface area contributed by atoms with Crippen LogP contribution in [0.3, 0.4) is 0 Å². The first kappa shape index (κ1) is 18.1. The van der Waals surface area contributed by atoms with E-state index in [1.165, 1.54) is 12.1 Å². The van der Waals surface area contributed by atoms with Crippen LogP contribution in [0.15, 0.2) is 51.4 Å². The number of carbonyl (C=O) groups is 1. The average Bonchev–Trinajstić information content (AvgIpc) is 3.38. The SMILES string of the molecule is O=C(c1ccc(Br)cc1F)N(Cc1nnc(-c2ccc(Cl)cc2)o1)C1CC1. The largest absolute Gasteiger partial charge is 0.419 e. The molecule has 1 saturated carbocycles. The second-order valence-corrected chi connectivity index (χ2v) is 7.65. The van der Waals surface area contributed by atoms with Crippen LogP contribution in [0.5, 0.6) is 0 Å². The Morgan fingerprint density at radius 2 is 1.96 bits per heavy atom. The molecular weight excluding hydrogens is 437 g/mol. The van der Waals surface area contributed by atoms with Crippen LogP contribution < -0.4 is 0 Å². The van der Waals surface area contributed by atoms with Gasteiger partial charge in [0.05, 0.1) is 12.1 Å². The van der Waals surface area contributed by atoms with E-state index in [9.17, 15) is 9.18 Å². The van der Waals surface area contributed by atoms with Crippen LogP contribution in [0.25, 0.3) is 11.5 Å². The lowest BCUT2D eigenvalue weighted by Crippen LogP contribution is -2.33. The van der Waals surface area contributed by atoms with Crippen molar-refractivity contribution in [2.45, 2.75) is 25.4 Å². The smallest absolute Gasteiger partial charge is 0.257 e. The van der Waals surface area contributed by atoms with E-state index in [0.717, 1.165) is 18.4 Å². The summed E-state index contributed by atoms with van der Waals surface area (Å²) in [6.07, 6.45) is 1.75. The minimum absolute atomic E-state index is 0.0301. The van der Waals surface area contributed by atoms with Crippen LogP contribution in [0.4, 0.5) is 4.39 Å². The summed E-state index contributed by atoms with van der Waals surface area (Å²) in [5, 5.41) is 8.68. The summed E-state index contributed by atoms with van der Waals surface area (Å²) >= 11 is 9.09. The maximum absolute atomic E-state index is 14.2. The lowest BCUT2D eigenvalue weighted by Gasteiger charge is -2.21. The Kier molecular flexibility index (Phi) is 4.97. The highest BCUT2D eigenvalue weighted by atomic mass is 79.9. The summed E-state index contributed by atoms with van der Waals surface area (Å²) in [4.78, 5) is 14.4. The highest BCUT2D eigenvalue weighted by Crippen LogP contribution is 2.31. The topological polar surface area (TPSA) is 59.2 Å². The van der Waals surface area contributed by atoms with Gasteiger partial charge < -0.3 is 9.32 Å². The fraction of sp³-hybridized carbons (Fsp3) is 0.211. The lowest BCUT2D eigenvalue weighted by atomic mass is 10.2. The number of carbonyl (C=O) groups excluding carboxylic acids is 1. The van der Waals surface area contributed by atoms with Gasteiger partial charge in [0.15, 0.2) is 0 Å². The molecule has 4 rings (SSSR count). The Bertz CT molecular complexity index is 989. The van der Waals surface area contributed by atoms with Crippen molar-refractivity contribution in [1.82, 2.24) is 15.1 Å². The van der Waals surface area contributed by atoms with Crippen LogP contribution in [0, 0.1) is 5.82 Å². The Hall–Kier alpha value is -2.25. The Labute approximate surface area is 168 Å². The fourth-order valence-electron chi connectivity index (χ4n) is 2.74. The molecule has 138 valence electrons. The van der Waals surface area contributed by atoms with Gasteiger partial charge in [-0.1, -0.05) is 27.5 Å². The molecule has 0 bridgehead atoms. The highest BCUT2D eigenvalue weighted by Gasteiger charge is 2.35. The van der Waals surface area contributed by atoms with E-state index < -0.39 is 5.82 Å². The molecule has 0 aliphatic heterocycles. The summed E-state index contributed by atoms with van der Waals surface area (Å²) in [5.41, 5.74) is 0.768. The van der Waals surface area contributed by atoms with E-state index in [4.69, 9.17) is 16.0 Å². The van der Waals surface area contributed by atoms with Crippen molar-refractivity contribution in [3.8, 4) is 11.5 Å². The molecule has 2 aromatic carbocycles. The van der Waals surface area contributed by atoms with Gasteiger partial charge in [-0.25, -0.2) is 4.39 Å². The van der Waals surface area contributed by atoms with Gasteiger partial charge in [0.1, 0.15) is 5.82 Å². The lowest BCUT2D eigenvalue weighted by molar-refractivity contribution is 0.0709. The van der Waals surface area contributed by atoms with Crippen LogP contribution in [-0.4, -0.2) is 27.0 Å². The van der Waals surface area contributed by atoms with Crippen molar-refractivity contribution in [3.05, 3.63) is 69.2 Å². The molecule has 0 unspecified atom stereocenters. The quantitative estimate of drug-likeness (QED) is 0.543. The molecule has 1 fully saturated rings. The molecule has 1 amide bonds. The molecule has 0 saturated heterocycles. The molecule has 1 aromatic heterocycles. The molecule has 0 atom stereocenters. The molecule has 0 radical (unpaired) electrons. The van der Waals surface area contributed by atoms with Gasteiger partial charge in [-0.15, -0.1) is 10.2 Å². The van der Waals surface area contributed by atoms with Crippen LogP contribution in [0.1, 0.15) is 29.1 Å². The van der Waals surface area contributed by atoms with E-state index in [-0.39, 0.29) is 24.1 Å². The third-order valence-electron chi connectivity index (χ3n) is 4.27. The summed E-state index contributed by atoms with van der Waals surface area (Å²) in [7, 11) is 0. The van der Waals surface area contributed by atoms with Crippen molar-refractivity contribution >= 4 is 33.4 Å². The summed E-state index contributed by atoms with van der Waals surface area (Å²) in [6, 6.07) is 11.5. The molecule has 8 heteroatoms. The van der Waals surface area contributed by atoms with Crippen LogP contribution >= 0.6 is 27.5 Å². The molecule has 0 N–H and O–H groups in total. The van der Waals surface area contributed by atoms with Crippen molar-refractivity contribution in [1.29, 1.82) is 0 Å². The third kappa shape index (κ3) is 4.04. The number of hydrogen-bond donors (Lipinski definition) is 0. The van der Waals surface area contributed by atoms with Crippen molar-refractivity contribution < 1.29 is 13.6 Å². The predicted molar refractivity (Wildman–Crippen MR) is 102 cm³/mol. The Morgan fingerprint density at radius 3 is 2.63 bits per heavy atom. The van der Waals surface area contributed by atoms with Gasteiger partial charge in [0, 0.05) is 21.1 Å². The molecule has 5 nitrogen and oxygen atoms in total. The van der Waals surface area contributed by atoms with Gasteiger partial charge in [0.25, 0.3) is 5.91 Å². The zero-order valence-electron chi connectivity index (χ0n) is 14.0. The third-order valence-corrected chi connectivity index (χ3v) is 5.02. The monoisotopic (exact) mass is 449 g/mol. The van der Waals surface area contributed by atoms with Gasteiger partial charge in [0.2, 0.25) is 11.8 Å². The number of aromatic nitrogens is 2. The minimum Gasteiger partial charge on any atom is -0.419 e. The van der Waals surface area contributed by atoms with E-state index >= 15 is 0 Å². The van der Waals surface area contributed by atoms with Crippen molar-refractivity contribution in [3.63, 3.8) is 0 Å². The second kappa shape index (κ2) is 7.40. The summed E-state index contributed by atoms with van der Waals surface area (Å²) in [6.45, 7) is 0.138. The zero-order chi connectivity index (χ0) is 19.0. The number of benzene rings is 2. The standard InChI is InChI=1S/C19H14BrClFN3O2/c20-12-3-8-15(16(22)9-12)19(26)25(14-6-7-14)10-17-23-24-18(27-17)11-1-4-13(21)5-2-11/h1-5,8-9,14H,6-7,10H2. The second-order valence-electron chi connectivity index (χ2n) is 6.30. The number of amides is 1. The van der Waals surface area contributed by atoms with Gasteiger partial charge in [-0.3, -0.25) is 4.79 Å². The van der Waals surface area contributed by atoms with E-state index in [1.807, 2.05) is 0 Å².